The van der Waals surface area contributed by atoms with E-state index in [0.717, 1.165) is 22.8 Å². The molecule has 1 heterocycles. The predicted octanol–water partition coefficient (Wildman–Crippen LogP) is 4.37. The zero-order valence-electron chi connectivity index (χ0n) is 14.4. The molecule has 0 aliphatic heterocycles. The normalized spacial score (nSPS) is 10.6. The average molecular weight is 358 g/mol. The number of halogens is 1. The summed E-state index contributed by atoms with van der Waals surface area (Å²) in [6, 6.07) is 13.6. The van der Waals surface area contributed by atoms with E-state index in [1.807, 2.05) is 60.3 Å². The average Bonchev–Trinajstić information content (AvgIpc) is 3.00. The first-order valence-electron chi connectivity index (χ1n) is 7.85. The summed E-state index contributed by atoms with van der Waals surface area (Å²) in [5.41, 5.74) is 3.10. The molecule has 0 spiro atoms. The van der Waals surface area contributed by atoms with Gasteiger partial charge in [-0.25, -0.2) is 4.98 Å². The van der Waals surface area contributed by atoms with E-state index in [1.54, 1.807) is 14.2 Å². The van der Waals surface area contributed by atoms with Gasteiger partial charge in [-0.05, 0) is 29.8 Å². The van der Waals surface area contributed by atoms with E-state index in [4.69, 9.17) is 21.1 Å². The Labute approximate surface area is 152 Å². The fourth-order valence-electron chi connectivity index (χ4n) is 2.66. The molecular formula is C19H20ClN3O2. The second-order valence-electron chi connectivity index (χ2n) is 5.58. The quantitative estimate of drug-likeness (QED) is 0.711. The van der Waals surface area contributed by atoms with Crippen LogP contribution in [0.1, 0.15) is 5.56 Å². The highest BCUT2D eigenvalue weighted by Crippen LogP contribution is 2.28. The first-order chi connectivity index (χ1) is 12.1. The minimum Gasteiger partial charge on any atom is -0.493 e. The molecule has 130 valence electrons. The summed E-state index contributed by atoms with van der Waals surface area (Å²) in [4.78, 5) is 4.47. The van der Waals surface area contributed by atoms with E-state index in [0.29, 0.717) is 23.1 Å². The molecule has 1 N–H and O–H groups in total. The molecule has 3 rings (SSSR count). The highest BCUT2D eigenvalue weighted by molar-refractivity contribution is 6.30. The van der Waals surface area contributed by atoms with E-state index in [9.17, 15) is 0 Å². The smallest absolute Gasteiger partial charge is 0.203 e. The van der Waals surface area contributed by atoms with Crippen LogP contribution in [0, 0.1) is 0 Å². The molecule has 0 unspecified atom stereocenters. The van der Waals surface area contributed by atoms with E-state index >= 15 is 0 Å². The van der Waals surface area contributed by atoms with Crippen LogP contribution in [0.25, 0.3) is 11.3 Å². The lowest BCUT2D eigenvalue weighted by atomic mass is 10.2. The molecule has 5 nitrogen and oxygen atoms in total. The van der Waals surface area contributed by atoms with E-state index in [1.165, 1.54) is 0 Å². The molecule has 1 aromatic heterocycles. The molecule has 0 amide bonds. The monoisotopic (exact) mass is 357 g/mol. The van der Waals surface area contributed by atoms with Gasteiger partial charge in [-0.15, -0.1) is 0 Å². The summed E-state index contributed by atoms with van der Waals surface area (Å²) in [7, 11) is 5.23. The summed E-state index contributed by atoms with van der Waals surface area (Å²) >= 11 is 6.08. The molecule has 3 aromatic rings. The standard InChI is InChI=1S/C19H20ClN3O2/c1-23-16(14-5-4-6-15(20)10-14)12-22-19(23)21-11-13-7-8-17(24-2)18(9-13)25-3/h4-10,12H,11H2,1-3H3,(H,21,22). The summed E-state index contributed by atoms with van der Waals surface area (Å²) in [5.74, 6) is 2.21. The fraction of sp³-hybridized carbons (Fsp3) is 0.211. The van der Waals surface area contributed by atoms with Gasteiger partial charge in [0.25, 0.3) is 0 Å². The summed E-state index contributed by atoms with van der Waals surface area (Å²) < 4.78 is 12.6. The third-order valence-electron chi connectivity index (χ3n) is 4.01. The molecule has 25 heavy (non-hydrogen) atoms. The maximum Gasteiger partial charge on any atom is 0.203 e. The van der Waals surface area contributed by atoms with Crippen molar-refractivity contribution in [2.45, 2.75) is 6.54 Å². The Kier molecular flexibility index (Phi) is 5.14. The number of anilines is 1. The molecule has 0 atom stereocenters. The second-order valence-corrected chi connectivity index (χ2v) is 6.02. The van der Waals surface area contributed by atoms with Gasteiger partial charge in [-0.2, -0.15) is 0 Å². The lowest BCUT2D eigenvalue weighted by molar-refractivity contribution is 0.354. The Morgan fingerprint density at radius 2 is 1.88 bits per heavy atom. The SMILES string of the molecule is COc1ccc(CNc2ncc(-c3cccc(Cl)c3)n2C)cc1OC. The Morgan fingerprint density at radius 1 is 1.08 bits per heavy atom. The Hall–Kier alpha value is -2.66. The Balaban J connectivity index is 1.76. The van der Waals surface area contributed by atoms with Gasteiger partial charge >= 0.3 is 0 Å². The van der Waals surface area contributed by atoms with E-state index < -0.39 is 0 Å². The van der Waals surface area contributed by atoms with Crippen LogP contribution in [0.4, 0.5) is 5.95 Å². The molecule has 0 aliphatic carbocycles. The van der Waals surface area contributed by atoms with Crippen LogP contribution in [0.2, 0.25) is 5.02 Å². The van der Waals surface area contributed by atoms with Gasteiger partial charge < -0.3 is 19.4 Å². The number of imidazole rings is 1. The largest absolute Gasteiger partial charge is 0.493 e. The van der Waals surface area contributed by atoms with Crippen molar-refractivity contribution in [2.24, 2.45) is 7.05 Å². The van der Waals surface area contributed by atoms with Crippen LogP contribution in [0.3, 0.4) is 0 Å². The van der Waals surface area contributed by atoms with E-state index in [-0.39, 0.29) is 0 Å². The predicted molar refractivity (Wildman–Crippen MR) is 101 cm³/mol. The molecule has 0 saturated carbocycles. The summed E-state index contributed by atoms with van der Waals surface area (Å²) in [6.07, 6.45) is 1.84. The number of benzene rings is 2. The zero-order valence-corrected chi connectivity index (χ0v) is 15.2. The van der Waals surface area contributed by atoms with Crippen LogP contribution < -0.4 is 14.8 Å². The third-order valence-corrected chi connectivity index (χ3v) is 4.24. The highest BCUT2D eigenvalue weighted by atomic mass is 35.5. The maximum absolute atomic E-state index is 6.08. The lowest BCUT2D eigenvalue weighted by Gasteiger charge is -2.11. The van der Waals surface area contributed by atoms with Crippen molar-refractivity contribution in [1.29, 1.82) is 0 Å². The van der Waals surface area contributed by atoms with Crippen LogP contribution in [-0.2, 0) is 13.6 Å². The van der Waals surface area contributed by atoms with Crippen molar-refractivity contribution >= 4 is 17.5 Å². The van der Waals surface area contributed by atoms with E-state index in [2.05, 4.69) is 10.3 Å². The molecule has 0 radical (unpaired) electrons. The number of rotatable bonds is 6. The molecular weight excluding hydrogens is 338 g/mol. The highest BCUT2D eigenvalue weighted by Gasteiger charge is 2.10. The topological polar surface area (TPSA) is 48.3 Å². The van der Waals surface area contributed by atoms with Crippen LogP contribution in [0.5, 0.6) is 11.5 Å². The lowest BCUT2D eigenvalue weighted by Crippen LogP contribution is -2.06. The fourth-order valence-corrected chi connectivity index (χ4v) is 2.85. The van der Waals surface area contributed by atoms with Crippen molar-refractivity contribution in [3.05, 3.63) is 59.2 Å². The zero-order chi connectivity index (χ0) is 17.8. The minimum absolute atomic E-state index is 0.625. The number of aromatic nitrogens is 2. The summed E-state index contributed by atoms with van der Waals surface area (Å²) in [6.45, 7) is 0.625. The maximum atomic E-state index is 6.08. The molecule has 6 heteroatoms. The molecule has 0 saturated heterocycles. The van der Waals surface area contributed by atoms with Gasteiger partial charge in [0.15, 0.2) is 11.5 Å². The van der Waals surface area contributed by atoms with Gasteiger partial charge in [-0.1, -0.05) is 29.8 Å². The first kappa shape index (κ1) is 17.2. The van der Waals surface area contributed by atoms with Gasteiger partial charge in [0.05, 0.1) is 26.1 Å². The number of nitrogens with one attached hydrogen (secondary N) is 1. The molecule has 0 aliphatic rings. The van der Waals surface area contributed by atoms with Gasteiger partial charge in [-0.3, -0.25) is 0 Å². The van der Waals surface area contributed by atoms with Crippen LogP contribution in [0.15, 0.2) is 48.7 Å². The van der Waals surface area contributed by atoms with Crippen LogP contribution >= 0.6 is 11.6 Å². The Bertz CT molecular complexity index is 877. The van der Waals surface area contributed by atoms with Crippen molar-refractivity contribution in [3.63, 3.8) is 0 Å². The third kappa shape index (κ3) is 3.72. The number of hydrogen-bond acceptors (Lipinski definition) is 4. The molecule has 0 fully saturated rings. The van der Waals surface area contributed by atoms with Gasteiger partial charge in [0, 0.05) is 24.2 Å². The van der Waals surface area contributed by atoms with Gasteiger partial charge in [0.2, 0.25) is 5.95 Å². The molecule has 0 bridgehead atoms. The van der Waals surface area contributed by atoms with Gasteiger partial charge in [0.1, 0.15) is 0 Å². The van der Waals surface area contributed by atoms with Crippen molar-refractivity contribution in [2.75, 3.05) is 19.5 Å². The van der Waals surface area contributed by atoms with Crippen molar-refractivity contribution in [1.82, 2.24) is 9.55 Å². The number of hydrogen-bond donors (Lipinski definition) is 1. The number of methoxy groups -OCH3 is 2. The minimum atomic E-state index is 0.625. The van der Waals surface area contributed by atoms with Crippen LogP contribution in [-0.4, -0.2) is 23.8 Å². The molecule has 2 aromatic carbocycles. The van der Waals surface area contributed by atoms with Crippen molar-refractivity contribution < 1.29 is 9.47 Å². The Morgan fingerprint density at radius 3 is 2.60 bits per heavy atom. The summed E-state index contributed by atoms with van der Waals surface area (Å²) in [5, 5.41) is 4.05. The second kappa shape index (κ2) is 7.49. The van der Waals surface area contributed by atoms with Crippen molar-refractivity contribution in [3.8, 4) is 22.8 Å². The number of ether oxygens (including phenoxy) is 2. The first-order valence-corrected chi connectivity index (χ1v) is 8.22. The number of nitrogens with zero attached hydrogens (tertiary/aromatic N) is 2.